The van der Waals surface area contributed by atoms with E-state index < -0.39 is 0 Å². The Morgan fingerprint density at radius 3 is 2.93 bits per heavy atom. The van der Waals surface area contributed by atoms with Crippen molar-refractivity contribution in [1.29, 1.82) is 0 Å². The molecule has 0 unspecified atom stereocenters. The molecular weight excluding hydrogens is 190 g/mol. The van der Waals surface area contributed by atoms with Crippen molar-refractivity contribution in [2.45, 2.75) is 37.1 Å². The zero-order valence-corrected chi connectivity index (χ0v) is 9.44. The molecule has 0 spiro atoms. The molecule has 0 fully saturated rings. The molecule has 2 heteroatoms. The van der Waals surface area contributed by atoms with Crippen LogP contribution in [0.15, 0.2) is 23.1 Å². The van der Waals surface area contributed by atoms with Gasteiger partial charge in [0.05, 0.1) is 0 Å². The Balaban J connectivity index is 2.05. The molecule has 1 aliphatic rings. The van der Waals surface area contributed by atoms with Crippen LogP contribution in [0, 0.1) is 0 Å². The number of hydrogen-bond acceptors (Lipinski definition) is 2. The van der Waals surface area contributed by atoms with Crippen molar-refractivity contribution in [1.82, 2.24) is 0 Å². The highest BCUT2D eigenvalue weighted by atomic mass is 32.2. The minimum atomic E-state index is 0.285. The topological polar surface area (TPSA) is 26.0 Å². The lowest BCUT2D eigenvalue weighted by Crippen LogP contribution is -2.17. The molecule has 0 saturated heterocycles. The van der Waals surface area contributed by atoms with Gasteiger partial charge in [-0.3, -0.25) is 0 Å². The van der Waals surface area contributed by atoms with Crippen LogP contribution < -0.4 is 5.73 Å². The van der Waals surface area contributed by atoms with Crippen LogP contribution in [0.4, 0.5) is 0 Å². The zero-order chi connectivity index (χ0) is 9.97. The van der Waals surface area contributed by atoms with Crippen LogP contribution in [0.1, 0.15) is 24.5 Å². The van der Waals surface area contributed by atoms with E-state index >= 15 is 0 Å². The summed E-state index contributed by atoms with van der Waals surface area (Å²) in [4.78, 5) is 1.38. The summed E-state index contributed by atoms with van der Waals surface area (Å²) in [5.74, 6) is 1.01. The van der Waals surface area contributed by atoms with Crippen molar-refractivity contribution in [2.75, 3.05) is 5.75 Å². The Morgan fingerprint density at radius 2 is 2.14 bits per heavy atom. The molecule has 0 saturated carbocycles. The summed E-state index contributed by atoms with van der Waals surface area (Å²) in [7, 11) is 0. The fourth-order valence-electron chi connectivity index (χ4n) is 1.87. The molecule has 2 rings (SSSR count). The summed E-state index contributed by atoms with van der Waals surface area (Å²) >= 11 is 1.87. The molecule has 1 aromatic rings. The van der Waals surface area contributed by atoms with Gasteiger partial charge in [0.25, 0.3) is 0 Å². The number of thioether (sulfide) groups is 1. The molecule has 0 amide bonds. The predicted molar refractivity (Wildman–Crippen MR) is 62.8 cm³/mol. The van der Waals surface area contributed by atoms with Gasteiger partial charge >= 0.3 is 0 Å². The second-order valence-corrected chi connectivity index (χ2v) is 5.17. The molecule has 0 heterocycles. The normalized spacial score (nSPS) is 16.7. The van der Waals surface area contributed by atoms with Crippen LogP contribution in [0.25, 0.3) is 0 Å². The van der Waals surface area contributed by atoms with Crippen LogP contribution in [-0.2, 0) is 12.8 Å². The van der Waals surface area contributed by atoms with E-state index in [1.807, 2.05) is 11.8 Å². The summed E-state index contributed by atoms with van der Waals surface area (Å²) in [6.07, 6.45) is 3.87. The van der Waals surface area contributed by atoms with E-state index in [0.717, 1.165) is 5.75 Å². The smallest absolute Gasteiger partial charge is 0.0129 e. The van der Waals surface area contributed by atoms with Crippen molar-refractivity contribution in [2.24, 2.45) is 5.73 Å². The second kappa shape index (κ2) is 4.37. The van der Waals surface area contributed by atoms with Gasteiger partial charge in [-0.1, -0.05) is 6.07 Å². The molecule has 1 aromatic carbocycles. The van der Waals surface area contributed by atoms with E-state index in [2.05, 4.69) is 25.1 Å². The highest BCUT2D eigenvalue weighted by Gasteiger charge is 2.10. The zero-order valence-electron chi connectivity index (χ0n) is 8.62. The number of hydrogen-bond donors (Lipinski definition) is 1. The average Bonchev–Trinajstić information content (AvgIpc) is 2.61. The van der Waals surface area contributed by atoms with Gasteiger partial charge in [0.15, 0.2) is 0 Å². The Hall–Kier alpha value is -0.470. The van der Waals surface area contributed by atoms with Crippen LogP contribution >= 0.6 is 11.8 Å². The van der Waals surface area contributed by atoms with Gasteiger partial charge in [0.1, 0.15) is 0 Å². The SMILES string of the molecule is C[C@H](N)CSc1ccc2c(c1)CCC2. The number of benzene rings is 1. The quantitative estimate of drug-likeness (QED) is 0.771. The molecule has 0 bridgehead atoms. The second-order valence-electron chi connectivity index (χ2n) is 4.07. The van der Waals surface area contributed by atoms with Gasteiger partial charge in [-0.25, -0.2) is 0 Å². The third-order valence-corrected chi connectivity index (χ3v) is 3.86. The molecule has 76 valence electrons. The Bertz CT molecular complexity index is 320. The lowest BCUT2D eigenvalue weighted by atomic mass is 10.1. The van der Waals surface area contributed by atoms with Crippen molar-refractivity contribution in [3.8, 4) is 0 Å². The van der Waals surface area contributed by atoms with Crippen LogP contribution in [0.5, 0.6) is 0 Å². The van der Waals surface area contributed by atoms with Crippen molar-refractivity contribution in [3.05, 3.63) is 29.3 Å². The number of rotatable bonds is 3. The van der Waals surface area contributed by atoms with Crippen molar-refractivity contribution >= 4 is 11.8 Å². The molecule has 0 aromatic heterocycles. The first-order valence-electron chi connectivity index (χ1n) is 5.26. The van der Waals surface area contributed by atoms with Crippen molar-refractivity contribution in [3.63, 3.8) is 0 Å². The largest absolute Gasteiger partial charge is 0.327 e. The molecule has 1 aliphatic carbocycles. The Morgan fingerprint density at radius 1 is 1.36 bits per heavy atom. The lowest BCUT2D eigenvalue weighted by molar-refractivity contribution is 0.847. The monoisotopic (exact) mass is 207 g/mol. The summed E-state index contributed by atoms with van der Waals surface area (Å²) < 4.78 is 0. The van der Waals surface area contributed by atoms with Gasteiger partial charge in [0.2, 0.25) is 0 Å². The fourth-order valence-corrected chi connectivity index (χ4v) is 2.71. The lowest BCUT2D eigenvalue weighted by Gasteiger charge is -2.06. The molecule has 0 aliphatic heterocycles. The van der Waals surface area contributed by atoms with Gasteiger partial charge in [-0.15, -0.1) is 11.8 Å². The maximum Gasteiger partial charge on any atom is 0.0129 e. The summed E-state index contributed by atoms with van der Waals surface area (Å²) in [5, 5.41) is 0. The minimum Gasteiger partial charge on any atom is -0.327 e. The molecule has 14 heavy (non-hydrogen) atoms. The molecule has 1 atom stereocenters. The highest BCUT2D eigenvalue weighted by molar-refractivity contribution is 7.99. The minimum absolute atomic E-state index is 0.285. The Kier molecular flexibility index (Phi) is 3.14. The highest BCUT2D eigenvalue weighted by Crippen LogP contribution is 2.27. The first-order valence-corrected chi connectivity index (χ1v) is 6.24. The number of fused-ring (bicyclic) bond motifs is 1. The number of aryl methyl sites for hydroxylation is 2. The van der Waals surface area contributed by atoms with E-state index in [-0.39, 0.29) is 6.04 Å². The third-order valence-electron chi connectivity index (χ3n) is 2.58. The molecular formula is C12H17NS. The van der Waals surface area contributed by atoms with Gasteiger partial charge in [-0.05, 0) is 49.4 Å². The van der Waals surface area contributed by atoms with Gasteiger partial charge in [0, 0.05) is 16.7 Å². The van der Waals surface area contributed by atoms with E-state index in [0.29, 0.717) is 0 Å². The maximum absolute atomic E-state index is 5.73. The summed E-state index contributed by atoms with van der Waals surface area (Å²) in [5.41, 5.74) is 8.84. The van der Waals surface area contributed by atoms with Gasteiger partial charge < -0.3 is 5.73 Å². The third kappa shape index (κ3) is 2.31. The molecule has 1 nitrogen and oxygen atoms in total. The van der Waals surface area contributed by atoms with E-state index in [4.69, 9.17) is 5.73 Å². The van der Waals surface area contributed by atoms with Crippen LogP contribution in [-0.4, -0.2) is 11.8 Å². The summed E-state index contributed by atoms with van der Waals surface area (Å²) in [6, 6.07) is 7.14. The first kappa shape index (κ1) is 10.1. The van der Waals surface area contributed by atoms with Crippen LogP contribution in [0.3, 0.4) is 0 Å². The Labute approximate surface area is 90.1 Å². The number of nitrogens with two attached hydrogens (primary N) is 1. The van der Waals surface area contributed by atoms with Crippen LogP contribution in [0.2, 0.25) is 0 Å². The fraction of sp³-hybridized carbons (Fsp3) is 0.500. The molecule has 2 N–H and O–H groups in total. The maximum atomic E-state index is 5.73. The van der Waals surface area contributed by atoms with E-state index in [1.54, 1.807) is 11.1 Å². The van der Waals surface area contributed by atoms with E-state index in [1.165, 1.54) is 24.2 Å². The van der Waals surface area contributed by atoms with Gasteiger partial charge in [-0.2, -0.15) is 0 Å². The predicted octanol–water partition coefficient (Wildman–Crippen LogP) is 2.61. The standard InChI is InChI=1S/C12H17NS/c1-9(13)8-14-12-6-5-10-3-2-4-11(10)7-12/h5-7,9H,2-4,8,13H2,1H3/t9-/m0/s1. The average molecular weight is 207 g/mol. The van der Waals surface area contributed by atoms with Crippen molar-refractivity contribution < 1.29 is 0 Å². The summed E-state index contributed by atoms with van der Waals surface area (Å²) in [6.45, 7) is 2.06. The van der Waals surface area contributed by atoms with E-state index in [9.17, 15) is 0 Å². The molecule has 0 radical (unpaired) electrons. The first-order chi connectivity index (χ1) is 6.75.